The van der Waals surface area contributed by atoms with Gasteiger partial charge >= 0.3 is 0 Å². The number of carbonyl (C=O) groups excluding carboxylic acids is 1. The lowest BCUT2D eigenvalue weighted by molar-refractivity contribution is -0.136. The van der Waals surface area contributed by atoms with Gasteiger partial charge in [0.2, 0.25) is 5.91 Å². The zero-order valence-corrected chi connectivity index (χ0v) is 11.6. The first-order valence-electron chi connectivity index (χ1n) is 7.55. The molecule has 6 heteroatoms. The molecule has 3 rings (SSSR count). The minimum absolute atomic E-state index is 0.178. The van der Waals surface area contributed by atoms with Crippen LogP contribution in [0.15, 0.2) is 0 Å². The quantitative estimate of drug-likeness (QED) is 0.850. The van der Waals surface area contributed by atoms with E-state index in [-0.39, 0.29) is 25.0 Å². The fourth-order valence-electron chi connectivity index (χ4n) is 2.91. The largest absolute Gasteiger partial charge is 0.378 e. The van der Waals surface area contributed by atoms with E-state index in [0.29, 0.717) is 13.1 Å². The van der Waals surface area contributed by atoms with Crippen LogP contribution in [0.4, 0.5) is 8.78 Å². The lowest BCUT2D eigenvalue weighted by Crippen LogP contribution is -2.48. The Kier molecular flexibility index (Phi) is 3.95. The van der Waals surface area contributed by atoms with Gasteiger partial charge in [-0.3, -0.25) is 10.1 Å². The Balaban J connectivity index is 1.42. The molecule has 1 saturated carbocycles. The maximum Gasteiger partial charge on any atom is 0.262 e. The highest BCUT2D eigenvalue weighted by molar-refractivity contribution is 5.82. The molecule has 2 heterocycles. The molecule has 0 aromatic carbocycles. The second kappa shape index (κ2) is 5.56. The Hall–Kier alpha value is -0.750. The predicted molar refractivity (Wildman–Crippen MR) is 69.6 cm³/mol. The SMILES string of the molecule is O=C(C1CC(F)(F)CN1)N1CCC(OCC2CC2)CC1. The Morgan fingerprint density at radius 1 is 1.25 bits per heavy atom. The van der Waals surface area contributed by atoms with Gasteiger partial charge in [-0.15, -0.1) is 0 Å². The topological polar surface area (TPSA) is 41.6 Å². The zero-order chi connectivity index (χ0) is 14.2. The molecule has 1 unspecified atom stereocenters. The lowest BCUT2D eigenvalue weighted by Gasteiger charge is -2.33. The van der Waals surface area contributed by atoms with Crippen molar-refractivity contribution in [2.75, 3.05) is 26.2 Å². The highest BCUT2D eigenvalue weighted by Crippen LogP contribution is 2.30. The summed E-state index contributed by atoms with van der Waals surface area (Å²) in [4.78, 5) is 13.9. The molecule has 4 nitrogen and oxygen atoms in total. The summed E-state index contributed by atoms with van der Waals surface area (Å²) < 4.78 is 32.0. The monoisotopic (exact) mass is 288 g/mol. The van der Waals surface area contributed by atoms with E-state index in [2.05, 4.69) is 5.32 Å². The van der Waals surface area contributed by atoms with Crippen molar-refractivity contribution in [3.05, 3.63) is 0 Å². The summed E-state index contributed by atoms with van der Waals surface area (Å²) in [6.07, 6.45) is 4.06. The van der Waals surface area contributed by atoms with Crippen LogP contribution in [-0.4, -0.2) is 55.1 Å². The number of carbonyl (C=O) groups is 1. The molecule has 0 spiro atoms. The van der Waals surface area contributed by atoms with Crippen molar-refractivity contribution in [1.82, 2.24) is 10.2 Å². The Labute approximate surface area is 117 Å². The van der Waals surface area contributed by atoms with Crippen LogP contribution in [0.2, 0.25) is 0 Å². The number of rotatable bonds is 4. The van der Waals surface area contributed by atoms with E-state index in [1.54, 1.807) is 4.90 Å². The minimum atomic E-state index is -2.74. The molecule has 1 atom stereocenters. The van der Waals surface area contributed by atoms with Crippen LogP contribution in [0.1, 0.15) is 32.1 Å². The Morgan fingerprint density at radius 2 is 1.95 bits per heavy atom. The highest BCUT2D eigenvalue weighted by Gasteiger charge is 2.43. The van der Waals surface area contributed by atoms with E-state index in [4.69, 9.17) is 4.74 Å². The van der Waals surface area contributed by atoms with Crippen molar-refractivity contribution in [2.24, 2.45) is 5.92 Å². The fourth-order valence-corrected chi connectivity index (χ4v) is 2.91. The van der Waals surface area contributed by atoms with Crippen molar-refractivity contribution in [2.45, 2.75) is 50.2 Å². The van der Waals surface area contributed by atoms with Crippen LogP contribution in [0.25, 0.3) is 0 Å². The summed E-state index contributed by atoms with van der Waals surface area (Å²) in [6, 6.07) is -0.714. The van der Waals surface area contributed by atoms with Gasteiger partial charge in [-0.2, -0.15) is 0 Å². The number of hydrogen-bond donors (Lipinski definition) is 1. The van der Waals surface area contributed by atoms with Crippen molar-refractivity contribution < 1.29 is 18.3 Å². The normalized spacial score (nSPS) is 30.7. The molecule has 0 aromatic heterocycles. The third-order valence-electron chi connectivity index (χ3n) is 4.43. The molecule has 1 aliphatic carbocycles. The van der Waals surface area contributed by atoms with E-state index < -0.39 is 12.0 Å². The van der Waals surface area contributed by atoms with E-state index in [1.807, 2.05) is 0 Å². The summed E-state index contributed by atoms with van der Waals surface area (Å²) >= 11 is 0. The number of amides is 1. The van der Waals surface area contributed by atoms with Crippen molar-refractivity contribution >= 4 is 5.91 Å². The molecular weight excluding hydrogens is 266 g/mol. The molecular formula is C14H22F2N2O2. The summed E-state index contributed by atoms with van der Waals surface area (Å²) in [5.74, 6) is -2.17. The number of likely N-dealkylation sites (tertiary alicyclic amines) is 1. The third kappa shape index (κ3) is 3.47. The summed E-state index contributed by atoms with van der Waals surface area (Å²) in [5, 5.41) is 2.63. The lowest BCUT2D eigenvalue weighted by atomic mass is 10.1. The van der Waals surface area contributed by atoms with Crippen molar-refractivity contribution in [3.63, 3.8) is 0 Å². The smallest absolute Gasteiger partial charge is 0.262 e. The number of piperidine rings is 1. The molecule has 2 aliphatic heterocycles. The molecule has 3 fully saturated rings. The molecule has 0 bridgehead atoms. The molecule has 0 radical (unpaired) electrons. The van der Waals surface area contributed by atoms with Crippen LogP contribution >= 0.6 is 0 Å². The van der Waals surface area contributed by atoms with E-state index in [1.165, 1.54) is 12.8 Å². The number of nitrogens with one attached hydrogen (secondary N) is 1. The molecule has 114 valence electrons. The molecule has 1 amide bonds. The van der Waals surface area contributed by atoms with Crippen LogP contribution in [0.3, 0.4) is 0 Å². The van der Waals surface area contributed by atoms with E-state index in [9.17, 15) is 13.6 Å². The predicted octanol–water partition coefficient (Wildman–Crippen LogP) is 1.40. The Morgan fingerprint density at radius 3 is 2.50 bits per heavy atom. The van der Waals surface area contributed by atoms with Gasteiger partial charge in [-0.25, -0.2) is 8.78 Å². The second-order valence-electron chi connectivity index (χ2n) is 6.29. The Bertz CT molecular complexity index is 366. The summed E-state index contributed by atoms with van der Waals surface area (Å²) in [7, 11) is 0. The molecule has 3 aliphatic rings. The van der Waals surface area contributed by atoms with Gasteiger partial charge in [0.15, 0.2) is 0 Å². The van der Waals surface area contributed by atoms with Crippen LogP contribution < -0.4 is 5.32 Å². The van der Waals surface area contributed by atoms with Gasteiger partial charge in [0.05, 0.1) is 18.7 Å². The summed E-state index contributed by atoms with van der Waals surface area (Å²) in [5.41, 5.74) is 0. The zero-order valence-electron chi connectivity index (χ0n) is 11.6. The van der Waals surface area contributed by atoms with Gasteiger partial charge in [-0.05, 0) is 31.6 Å². The number of ether oxygens (including phenoxy) is 1. The molecule has 2 saturated heterocycles. The second-order valence-corrected chi connectivity index (χ2v) is 6.29. The summed E-state index contributed by atoms with van der Waals surface area (Å²) in [6.45, 7) is 1.70. The number of nitrogens with zero attached hydrogens (tertiary/aromatic N) is 1. The van der Waals surface area contributed by atoms with Crippen molar-refractivity contribution in [1.29, 1.82) is 0 Å². The highest BCUT2D eigenvalue weighted by atomic mass is 19.3. The standard InChI is InChI=1S/C14H22F2N2O2/c15-14(16)7-12(17-9-14)13(19)18-5-3-11(4-6-18)20-8-10-1-2-10/h10-12,17H,1-9H2. The first-order chi connectivity index (χ1) is 9.53. The van der Waals surface area contributed by atoms with Crippen molar-refractivity contribution in [3.8, 4) is 0 Å². The van der Waals surface area contributed by atoms with Gasteiger partial charge < -0.3 is 9.64 Å². The van der Waals surface area contributed by atoms with Crippen LogP contribution in [0, 0.1) is 5.92 Å². The van der Waals surface area contributed by atoms with Crippen LogP contribution in [0.5, 0.6) is 0 Å². The van der Waals surface area contributed by atoms with Gasteiger partial charge in [0, 0.05) is 26.1 Å². The maximum atomic E-state index is 13.1. The van der Waals surface area contributed by atoms with Crippen LogP contribution in [-0.2, 0) is 9.53 Å². The number of alkyl halides is 2. The van der Waals surface area contributed by atoms with Gasteiger partial charge in [0.1, 0.15) is 0 Å². The van der Waals surface area contributed by atoms with Gasteiger partial charge in [-0.1, -0.05) is 0 Å². The van der Waals surface area contributed by atoms with Gasteiger partial charge in [0.25, 0.3) is 5.92 Å². The molecule has 0 aromatic rings. The average Bonchev–Trinajstić information content (AvgIpc) is 3.19. The third-order valence-corrected chi connectivity index (χ3v) is 4.43. The fraction of sp³-hybridized carbons (Fsp3) is 0.929. The minimum Gasteiger partial charge on any atom is -0.378 e. The van der Waals surface area contributed by atoms with E-state index in [0.717, 1.165) is 25.4 Å². The first-order valence-corrected chi connectivity index (χ1v) is 7.55. The maximum absolute atomic E-state index is 13.1. The first kappa shape index (κ1) is 14.2. The average molecular weight is 288 g/mol. The molecule has 20 heavy (non-hydrogen) atoms. The molecule has 1 N–H and O–H groups in total. The van der Waals surface area contributed by atoms with E-state index >= 15 is 0 Å². The number of hydrogen-bond acceptors (Lipinski definition) is 3. The number of halogens is 2.